The minimum Gasteiger partial charge on any atom is -0.497 e. The Morgan fingerprint density at radius 3 is 2.45 bits per heavy atom. The van der Waals surface area contributed by atoms with Gasteiger partial charge in [0.25, 0.3) is 0 Å². The van der Waals surface area contributed by atoms with E-state index in [0.29, 0.717) is 12.4 Å². The van der Waals surface area contributed by atoms with Gasteiger partial charge in [-0.3, -0.25) is 0 Å². The summed E-state index contributed by atoms with van der Waals surface area (Å²) in [6.07, 6.45) is 0. The van der Waals surface area contributed by atoms with Crippen LogP contribution >= 0.6 is 0 Å². The third kappa shape index (κ3) is 3.31. The van der Waals surface area contributed by atoms with Crippen LogP contribution in [0.3, 0.4) is 0 Å². The first-order valence-electron chi connectivity index (χ1n) is 6.60. The fourth-order valence-electron chi connectivity index (χ4n) is 1.98. The Labute approximate surface area is 119 Å². The molecule has 0 saturated carbocycles. The summed E-state index contributed by atoms with van der Waals surface area (Å²) in [5.74, 6) is 1.38. The van der Waals surface area contributed by atoms with Gasteiger partial charge in [0.1, 0.15) is 18.1 Å². The van der Waals surface area contributed by atoms with Gasteiger partial charge in [0.05, 0.1) is 13.7 Å². The molecule has 0 atom stereocenters. The van der Waals surface area contributed by atoms with E-state index in [0.717, 1.165) is 16.9 Å². The first kappa shape index (κ1) is 14.4. The van der Waals surface area contributed by atoms with Crippen LogP contribution < -0.4 is 9.47 Å². The van der Waals surface area contributed by atoms with Crippen molar-refractivity contribution in [2.75, 3.05) is 7.11 Å². The molecule has 106 valence electrons. The van der Waals surface area contributed by atoms with Crippen LogP contribution in [0.5, 0.6) is 11.5 Å². The average Bonchev–Trinajstić information content (AvgIpc) is 2.48. The van der Waals surface area contributed by atoms with Gasteiger partial charge >= 0.3 is 0 Å². The maximum atomic E-state index is 9.34. The van der Waals surface area contributed by atoms with Crippen LogP contribution in [-0.4, -0.2) is 12.2 Å². The zero-order valence-electron chi connectivity index (χ0n) is 12.1. The SMILES string of the molecule is COc1ccc(CO)c(OCc2ccc(C)c(C)c2)c1. The zero-order chi connectivity index (χ0) is 14.5. The van der Waals surface area contributed by atoms with Gasteiger partial charge in [-0.05, 0) is 42.7 Å². The number of hydrogen-bond donors (Lipinski definition) is 1. The first-order valence-corrected chi connectivity index (χ1v) is 6.60. The molecule has 2 aromatic carbocycles. The molecule has 0 aromatic heterocycles. The molecule has 3 heteroatoms. The molecule has 0 saturated heterocycles. The van der Waals surface area contributed by atoms with Crippen molar-refractivity contribution in [2.45, 2.75) is 27.1 Å². The van der Waals surface area contributed by atoms with Crippen molar-refractivity contribution in [3.05, 3.63) is 58.7 Å². The van der Waals surface area contributed by atoms with Gasteiger partial charge in [-0.2, -0.15) is 0 Å². The summed E-state index contributed by atoms with van der Waals surface area (Å²) in [5.41, 5.74) is 4.39. The quantitative estimate of drug-likeness (QED) is 0.906. The molecular weight excluding hydrogens is 252 g/mol. The Kier molecular flexibility index (Phi) is 4.64. The summed E-state index contributed by atoms with van der Waals surface area (Å²) in [6.45, 7) is 4.60. The molecule has 0 spiro atoms. The smallest absolute Gasteiger partial charge is 0.129 e. The molecule has 0 amide bonds. The standard InChI is InChI=1S/C17H20O3/c1-12-4-5-14(8-13(12)2)11-20-17-9-16(19-3)7-6-15(17)10-18/h4-9,18H,10-11H2,1-3H3. The van der Waals surface area contributed by atoms with Crippen molar-refractivity contribution in [3.8, 4) is 11.5 Å². The summed E-state index contributed by atoms with van der Waals surface area (Å²) < 4.78 is 11.0. The monoisotopic (exact) mass is 272 g/mol. The second-order valence-corrected chi connectivity index (χ2v) is 4.84. The lowest BCUT2D eigenvalue weighted by Crippen LogP contribution is -2.00. The van der Waals surface area contributed by atoms with Gasteiger partial charge in [-0.25, -0.2) is 0 Å². The van der Waals surface area contributed by atoms with E-state index in [2.05, 4.69) is 32.0 Å². The number of benzene rings is 2. The van der Waals surface area contributed by atoms with Crippen LogP contribution in [0.4, 0.5) is 0 Å². The Morgan fingerprint density at radius 2 is 1.80 bits per heavy atom. The lowest BCUT2D eigenvalue weighted by molar-refractivity contribution is 0.258. The van der Waals surface area contributed by atoms with Crippen LogP contribution in [0, 0.1) is 13.8 Å². The first-order chi connectivity index (χ1) is 9.63. The van der Waals surface area contributed by atoms with Gasteiger partial charge < -0.3 is 14.6 Å². The van der Waals surface area contributed by atoms with Crippen molar-refractivity contribution in [1.82, 2.24) is 0 Å². The summed E-state index contributed by atoms with van der Waals surface area (Å²) >= 11 is 0. The predicted molar refractivity (Wildman–Crippen MR) is 79.2 cm³/mol. The van der Waals surface area contributed by atoms with Gasteiger partial charge in [0.15, 0.2) is 0 Å². The van der Waals surface area contributed by atoms with E-state index < -0.39 is 0 Å². The molecule has 0 aliphatic carbocycles. The number of aliphatic hydroxyl groups is 1. The van der Waals surface area contributed by atoms with Gasteiger partial charge in [0, 0.05) is 11.6 Å². The molecule has 0 unspecified atom stereocenters. The summed E-state index contributed by atoms with van der Waals surface area (Å²) in [7, 11) is 1.61. The molecule has 0 bridgehead atoms. The lowest BCUT2D eigenvalue weighted by Gasteiger charge is -2.12. The third-order valence-corrected chi connectivity index (χ3v) is 3.41. The minimum absolute atomic E-state index is 0.0494. The fraction of sp³-hybridized carbons (Fsp3) is 0.294. The van der Waals surface area contributed by atoms with E-state index in [1.54, 1.807) is 13.2 Å². The minimum atomic E-state index is -0.0494. The van der Waals surface area contributed by atoms with Crippen LogP contribution in [0.2, 0.25) is 0 Å². The Hall–Kier alpha value is -2.00. The van der Waals surface area contributed by atoms with Crippen molar-refractivity contribution < 1.29 is 14.6 Å². The van der Waals surface area contributed by atoms with E-state index in [1.165, 1.54) is 11.1 Å². The molecule has 2 aromatic rings. The molecule has 0 radical (unpaired) electrons. The van der Waals surface area contributed by atoms with Gasteiger partial charge in [0.2, 0.25) is 0 Å². The molecule has 1 N–H and O–H groups in total. The van der Waals surface area contributed by atoms with Crippen molar-refractivity contribution in [1.29, 1.82) is 0 Å². The molecule has 2 rings (SSSR count). The van der Waals surface area contributed by atoms with E-state index >= 15 is 0 Å². The summed E-state index contributed by atoms with van der Waals surface area (Å²) in [5, 5.41) is 9.34. The van der Waals surface area contributed by atoms with E-state index in [-0.39, 0.29) is 6.61 Å². The molecule has 0 aliphatic rings. The van der Waals surface area contributed by atoms with Crippen LogP contribution in [0.1, 0.15) is 22.3 Å². The van der Waals surface area contributed by atoms with Crippen LogP contribution in [0.25, 0.3) is 0 Å². The Balaban J connectivity index is 2.15. The highest BCUT2D eigenvalue weighted by Gasteiger charge is 2.06. The molecule has 0 fully saturated rings. The Bertz CT molecular complexity index is 591. The topological polar surface area (TPSA) is 38.7 Å². The third-order valence-electron chi connectivity index (χ3n) is 3.41. The van der Waals surface area contributed by atoms with E-state index in [1.807, 2.05) is 12.1 Å². The number of ether oxygens (including phenoxy) is 2. The summed E-state index contributed by atoms with van der Waals surface area (Å²) in [6, 6.07) is 11.7. The number of hydrogen-bond acceptors (Lipinski definition) is 3. The number of rotatable bonds is 5. The number of methoxy groups -OCH3 is 1. The highest BCUT2D eigenvalue weighted by Crippen LogP contribution is 2.26. The molecule has 0 aliphatic heterocycles. The fourth-order valence-corrected chi connectivity index (χ4v) is 1.98. The second-order valence-electron chi connectivity index (χ2n) is 4.84. The van der Waals surface area contributed by atoms with Crippen molar-refractivity contribution in [3.63, 3.8) is 0 Å². The molecule has 3 nitrogen and oxygen atoms in total. The Morgan fingerprint density at radius 1 is 1.00 bits per heavy atom. The highest BCUT2D eigenvalue weighted by atomic mass is 16.5. The van der Waals surface area contributed by atoms with Crippen molar-refractivity contribution in [2.24, 2.45) is 0 Å². The van der Waals surface area contributed by atoms with E-state index in [4.69, 9.17) is 9.47 Å². The largest absolute Gasteiger partial charge is 0.497 e. The lowest BCUT2D eigenvalue weighted by atomic mass is 10.1. The van der Waals surface area contributed by atoms with Crippen LogP contribution in [0.15, 0.2) is 36.4 Å². The maximum absolute atomic E-state index is 9.34. The summed E-state index contributed by atoms with van der Waals surface area (Å²) in [4.78, 5) is 0. The van der Waals surface area contributed by atoms with Crippen molar-refractivity contribution >= 4 is 0 Å². The molecule has 20 heavy (non-hydrogen) atoms. The highest BCUT2D eigenvalue weighted by molar-refractivity contribution is 5.40. The second kappa shape index (κ2) is 6.44. The normalized spacial score (nSPS) is 10.4. The predicted octanol–water partition coefficient (Wildman–Crippen LogP) is 3.38. The number of aryl methyl sites for hydroxylation is 2. The molecular formula is C17H20O3. The number of aliphatic hydroxyl groups excluding tert-OH is 1. The van der Waals surface area contributed by atoms with Gasteiger partial charge in [-0.15, -0.1) is 0 Å². The maximum Gasteiger partial charge on any atom is 0.129 e. The zero-order valence-corrected chi connectivity index (χ0v) is 12.1. The van der Waals surface area contributed by atoms with E-state index in [9.17, 15) is 5.11 Å². The molecule has 0 heterocycles. The van der Waals surface area contributed by atoms with Gasteiger partial charge in [-0.1, -0.05) is 18.2 Å². The average molecular weight is 272 g/mol. The van der Waals surface area contributed by atoms with Crippen LogP contribution in [-0.2, 0) is 13.2 Å².